The van der Waals surface area contributed by atoms with Gasteiger partial charge in [-0.25, -0.2) is 0 Å². The first kappa shape index (κ1) is 12.5. The Bertz CT molecular complexity index is 380. The van der Waals surface area contributed by atoms with E-state index >= 15 is 0 Å². The van der Waals surface area contributed by atoms with Crippen LogP contribution in [-0.2, 0) is 17.9 Å². The Balaban J connectivity index is 2.25. The van der Waals surface area contributed by atoms with Gasteiger partial charge in [0.25, 0.3) is 0 Å². The second kappa shape index (κ2) is 4.74. The van der Waals surface area contributed by atoms with Crippen LogP contribution in [0.25, 0.3) is 0 Å². The van der Waals surface area contributed by atoms with Crippen molar-refractivity contribution in [1.29, 1.82) is 0 Å². The highest BCUT2D eigenvalue weighted by atomic mass is 16.5. The SMILES string of the molecule is CCOCc1nnc2n1CCNC2C(C)(C)C. The minimum absolute atomic E-state index is 0.147. The zero-order valence-electron chi connectivity index (χ0n) is 11.2. The number of rotatable bonds is 3. The molecule has 5 heteroatoms. The molecule has 0 radical (unpaired) electrons. The lowest BCUT2D eigenvalue weighted by Crippen LogP contribution is -2.41. The van der Waals surface area contributed by atoms with E-state index in [2.05, 4.69) is 40.9 Å². The van der Waals surface area contributed by atoms with Gasteiger partial charge < -0.3 is 14.6 Å². The van der Waals surface area contributed by atoms with Gasteiger partial charge >= 0.3 is 0 Å². The van der Waals surface area contributed by atoms with Crippen LogP contribution in [0.5, 0.6) is 0 Å². The lowest BCUT2D eigenvalue weighted by atomic mass is 9.85. The van der Waals surface area contributed by atoms with E-state index in [1.807, 2.05) is 6.92 Å². The Morgan fingerprint density at radius 3 is 2.82 bits per heavy atom. The van der Waals surface area contributed by atoms with Crippen molar-refractivity contribution in [2.75, 3.05) is 13.2 Å². The van der Waals surface area contributed by atoms with Gasteiger partial charge in [0.05, 0.1) is 6.04 Å². The summed E-state index contributed by atoms with van der Waals surface area (Å²) in [5.74, 6) is 1.98. The Morgan fingerprint density at radius 2 is 2.18 bits per heavy atom. The fourth-order valence-corrected chi connectivity index (χ4v) is 2.21. The van der Waals surface area contributed by atoms with Crippen LogP contribution < -0.4 is 5.32 Å². The van der Waals surface area contributed by atoms with Crippen LogP contribution in [0.2, 0.25) is 0 Å². The van der Waals surface area contributed by atoms with Crippen molar-refractivity contribution in [2.24, 2.45) is 5.41 Å². The predicted molar refractivity (Wildman–Crippen MR) is 65.6 cm³/mol. The summed E-state index contributed by atoms with van der Waals surface area (Å²) in [6, 6.07) is 0.263. The zero-order chi connectivity index (χ0) is 12.5. The largest absolute Gasteiger partial charge is 0.374 e. The third kappa shape index (κ3) is 2.50. The zero-order valence-corrected chi connectivity index (χ0v) is 11.2. The first-order valence-corrected chi connectivity index (χ1v) is 6.27. The van der Waals surface area contributed by atoms with Crippen molar-refractivity contribution >= 4 is 0 Å². The quantitative estimate of drug-likeness (QED) is 0.867. The number of hydrogen-bond acceptors (Lipinski definition) is 4. The maximum Gasteiger partial charge on any atom is 0.159 e. The lowest BCUT2D eigenvalue weighted by Gasteiger charge is -2.34. The molecule has 1 unspecified atom stereocenters. The van der Waals surface area contributed by atoms with Gasteiger partial charge in [0.1, 0.15) is 6.61 Å². The molecule has 1 aromatic rings. The van der Waals surface area contributed by atoms with Crippen molar-refractivity contribution in [3.05, 3.63) is 11.6 Å². The number of aromatic nitrogens is 3. The van der Waals surface area contributed by atoms with Crippen LogP contribution in [0.15, 0.2) is 0 Å². The molecule has 2 heterocycles. The third-order valence-corrected chi connectivity index (χ3v) is 3.10. The molecule has 96 valence electrons. The number of nitrogens with one attached hydrogen (secondary N) is 1. The summed E-state index contributed by atoms with van der Waals surface area (Å²) in [5.41, 5.74) is 0.147. The van der Waals surface area contributed by atoms with E-state index in [0.29, 0.717) is 13.2 Å². The summed E-state index contributed by atoms with van der Waals surface area (Å²) in [7, 11) is 0. The standard InChI is InChI=1S/C12H22N4O/c1-5-17-8-9-14-15-11-10(12(2,3)4)13-6-7-16(9)11/h10,13H,5-8H2,1-4H3. The van der Waals surface area contributed by atoms with Crippen LogP contribution in [0.3, 0.4) is 0 Å². The van der Waals surface area contributed by atoms with Crippen molar-refractivity contribution in [3.8, 4) is 0 Å². The maximum atomic E-state index is 5.42. The topological polar surface area (TPSA) is 52.0 Å². The summed E-state index contributed by atoms with van der Waals surface area (Å²) in [5, 5.41) is 12.1. The number of nitrogens with zero attached hydrogens (tertiary/aromatic N) is 3. The van der Waals surface area contributed by atoms with Crippen molar-refractivity contribution < 1.29 is 4.74 Å². The number of fused-ring (bicyclic) bond motifs is 1. The van der Waals surface area contributed by atoms with Crippen molar-refractivity contribution in [3.63, 3.8) is 0 Å². The van der Waals surface area contributed by atoms with E-state index in [1.165, 1.54) is 0 Å². The molecule has 0 fully saturated rings. The smallest absolute Gasteiger partial charge is 0.159 e. The van der Waals surface area contributed by atoms with E-state index in [4.69, 9.17) is 4.74 Å². The molecule has 1 aliphatic rings. The lowest BCUT2D eigenvalue weighted by molar-refractivity contribution is 0.123. The molecule has 0 saturated heterocycles. The van der Waals surface area contributed by atoms with Crippen molar-refractivity contribution in [1.82, 2.24) is 20.1 Å². The first-order valence-electron chi connectivity index (χ1n) is 6.27. The molecule has 1 atom stereocenters. The molecular formula is C12H22N4O. The fraction of sp³-hybridized carbons (Fsp3) is 0.833. The molecule has 2 rings (SSSR count). The highest BCUT2D eigenvalue weighted by molar-refractivity contribution is 5.07. The van der Waals surface area contributed by atoms with Gasteiger partial charge in [0.2, 0.25) is 0 Å². The van der Waals surface area contributed by atoms with E-state index < -0.39 is 0 Å². The van der Waals surface area contributed by atoms with Crippen LogP contribution in [0, 0.1) is 5.41 Å². The van der Waals surface area contributed by atoms with Crippen LogP contribution in [0.1, 0.15) is 45.4 Å². The van der Waals surface area contributed by atoms with E-state index in [-0.39, 0.29) is 11.5 Å². The minimum atomic E-state index is 0.147. The molecule has 0 saturated carbocycles. The maximum absolute atomic E-state index is 5.42. The van der Waals surface area contributed by atoms with Gasteiger partial charge in [-0.1, -0.05) is 20.8 Å². The summed E-state index contributed by atoms with van der Waals surface area (Å²) < 4.78 is 7.62. The second-order valence-electron chi connectivity index (χ2n) is 5.52. The van der Waals surface area contributed by atoms with Gasteiger partial charge in [-0.2, -0.15) is 0 Å². The van der Waals surface area contributed by atoms with Crippen molar-refractivity contribution in [2.45, 2.75) is 46.9 Å². The average molecular weight is 238 g/mol. The Hall–Kier alpha value is -0.940. The van der Waals surface area contributed by atoms with E-state index in [1.54, 1.807) is 0 Å². The Morgan fingerprint density at radius 1 is 1.41 bits per heavy atom. The van der Waals surface area contributed by atoms with Crippen LogP contribution in [-0.4, -0.2) is 27.9 Å². The molecule has 1 aliphatic heterocycles. The predicted octanol–water partition coefficient (Wildman–Crippen LogP) is 1.50. The number of hydrogen-bond donors (Lipinski definition) is 1. The molecule has 0 bridgehead atoms. The molecule has 1 aromatic heterocycles. The van der Waals surface area contributed by atoms with Gasteiger partial charge in [-0.3, -0.25) is 0 Å². The van der Waals surface area contributed by atoms with Crippen LogP contribution in [0.4, 0.5) is 0 Å². The van der Waals surface area contributed by atoms with Gasteiger partial charge in [0, 0.05) is 19.7 Å². The number of ether oxygens (including phenoxy) is 1. The van der Waals surface area contributed by atoms with E-state index in [0.717, 1.165) is 24.7 Å². The van der Waals surface area contributed by atoms with Gasteiger partial charge in [0.15, 0.2) is 11.6 Å². The molecule has 0 spiro atoms. The molecular weight excluding hydrogens is 216 g/mol. The second-order valence-corrected chi connectivity index (χ2v) is 5.52. The summed E-state index contributed by atoms with van der Waals surface area (Å²) in [4.78, 5) is 0. The molecule has 0 aromatic carbocycles. The summed E-state index contributed by atoms with van der Waals surface area (Å²) in [6.07, 6.45) is 0. The molecule has 0 aliphatic carbocycles. The highest BCUT2D eigenvalue weighted by Gasteiger charge is 2.33. The average Bonchev–Trinajstić information content (AvgIpc) is 2.67. The Kier molecular flexibility index (Phi) is 3.49. The van der Waals surface area contributed by atoms with E-state index in [9.17, 15) is 0 Å². The normalized spacial score (nSPS) is 20.4. The molecule has 5 nitrogen and oxygen atoms in total. The summed E-state index contributed by atoms with van der Waals surface area (Å²) >= 11 is 0. The first-order chi connectivity index (χ1) is 8.04. The highest BCUT2D eigenvalue weighted by Crippen LogP contribution is 2.33. The minimum Gasteiger partial charge on any atom is -0.374 e. The van der Waals surface area contributed by atoms with Gasteiger partial charge in [-0.15, -0.1) is 10.2 Å². The fourth-order valence-electron chi connectivity index (χ4n) is 2.21. The summed E-state index contributed by atoms with van der Waals surface area (Å²) in [6.45, 7) is 11.8. The third-order valence-electron chi connectivity index (χ3n) is 3.10. The molecule has 1 N–H and O–H groups in total. The van der Waals surface area contributed by atoms with Gasteiger partial charge in [-0.05, 0) is 12.3 Å². The molecule has 17 heavy (non-hydrogen) atoms. The Labute approximate surface area is 103 Å². The molecule has 0 amide bonds. The monoisotopic (exact) mass is 238 g/mol. The van der Waals surface area contributed by atoms with Crippen LogP contribution >= 0.6 is 0 Å².